The Morgan fingerprint density at radius 3 is 2.43 bits per heavy atom. The van der Waals surface area contributed by atoms with Gasteiger partial charge >= 0.3 is 0 Å². The second-order valence-corrected chi connectivity index (χ2v) is 7.94. The lowest BCUT2D eigenvalue weighted by atomic mass is 10.1. The van der Waals surface area contributed by atoms with E-state index < -0.39 is 0 Å². The standard InChI is InChI=1S/C22H34N6/c1-17-8-6-9-20(18(17)2)27-12-14-28(15-13-27)22-16-21(24-19(3)25-22)23-10-7-11-26(4)5/h6,8-9,16H,7,10-15H2,1-5H3,(H,23,24,25). The second kappa shape index (κ2) is 9.24. The zero-order valence-corrected chi connectivity index (χ0v) is 18.0. The molecule has 28 heavy (non-hydrogen) atoms. The minimum absolute atomic E-state index is 0.824. The Bertz CT molecular complexity index is 781. The number of rotatable bonds is 7. The van der Waals surface area contributed by atoms with Crippen LogP contribution in [0, 0.1) is 20.8 Å². The Hall–Kier alpha value is -2.34. The van der Waals surface area contributed by atoms with Crippen molar-refractivity contribution in [1.82, 2.24) is 14.9 Å². The number of hydrogen-bond donors (Lipinski definition) is 1. The number of benzene rings is 1. The average molecular weight is 383 g/mol. The van der Waals surface area contributed by atoms with Gasteiger partial charge in [0, 0.05) is 44.5 Å². The van der Waals surface area contributed by atoms with Crippen LogP contribution in [0.2, 0.25) is 0 Å². The van der Waals surface area contributed by atoms with Gasteiger partial charge in [-0.1, -0.05) is 12.1 Å². The van der Waals surface area contributed by atoms with Crippen molar-refractivity contribution in [2.24, 2.45) is 0 Å². The third-order valence-electron chi connectivity index (χ3n) is 5.43. The first-order chi connectivity index (χ1) is 13.4. The fraction of sp³-hybridized carbons (Fsp3) is 0.545. The highest BCUT2D eigenvalue weighted by Crippen LogP contribution is 2.25. The molecule has 0 unspecified atom stereocenters. The highest BCUT2D eigenvalue weighted by molar-refractivity contribution is 5.58. The van der Waals surface area contributed by atoms with E-state index in [1.54, 1.807) is 0 Å². The highest BCUT2D eigenvalue weighted by Gasteiger charge is 2.20. The van der Waals surface area contributed by atoms with Crippen LogP contribution in [0.4, 0.5) is 17.3 Å². The molecule has 0 saturated carbocycles. The van der Waals surface area contributed by atoms with Gasteiger partial charge in [-0.25, -0.2) is 9.97 Å². The lowest BCUT2D eigenvalue weighted by molar-refractivity contribution is 0.405. The van der Waals surface area contributed by atoms with E-state index in [0.717, 1.165) is 63.1 Å². The molecule has 0 spiro atoms. The third kappa shape index (κ3) is 5.13. The average Bonchev–Trinajstić information content (AvgIpc) is 2.67. The Balaban J connectivity index is 1.61. The summed E-state index contributed by atoms with van der Waals surface area (Å²) in [7, 11) is 4.20. The summed E-state index contributed by atoms with van der Waals surface area (Å²) in [6.45, 7) is 12.4. The summed E-state index contributed by atoms with van der Waals surface area (Å²) in [6.07, 6.45) is 1.10. The molecule has 152 valence electrons. The largest absolute Gasteiger partial charge is 0.370 e. The molecule has 0 radical (unpaired) electrons. The van der Waals surface area contributed by atoms with Crippen molar-refractivity contribution in [3.05, 3.63) is 41.2 Å². The molecule has 0 atom stereocenters. The summed E-state index contributed by atoms with van der Waals surface area (Å²) in [5.41, 5.74) is 4.11. The maximum atomic E-state index is 4.69. The van der Waals surface area contributed by atoms with E-state index in [2.05, 4.69) is 77.2 Å². The van der Waals surface area contributed by atoms with Gasteiger partial charge in [0.2, 0.25) is 0 Å². The summed E-state index contributed by atoms with van der Waals surface area (Å²) >= 11 is 0. The Labute approximate surface area is 169 Å². The van der Waals surface area contributed by atoms with Gasteiger partial charge in [0.1, 0.15) is 17.5 Å². The van der Waals surface area contributed by atoms with Crippen LogP contribution in [0.1, 0.15) is 23.4 Å². The van der Waals surface area contributed by atoms with E-state index in [9.17, 15) is 0 Å². The predicted octanol–water partition coefficient (Wildman–Crippen LogP) is 3.09. The maximum Gasteiger partial charge on any atom is 0.134 e. The van der Waals surface area contributed by atoms with Gasteiger partial charge in [-0.05, 0) is 65.0 Å². The molecular weight excluding hydrogens is 348 g/mol. The number of nitrogens with zero attached hydrogens (tertiary/aromatic N) is 5. The first kappa shape index (κ1) is 20.4. The van der Waals surface area contributed by atoms with Crippen LogP contribution in [-0.4, -0.2) is 68.2 Å². The molecule has 3 rings (SSSR count). The van der Waals surface area contributed by atoms with Gasteiger partial charge in [-0.15, -0.1) is 0 Å². The topological polar surface area (TPSA) is 47.5 Å². The zero-order valence-electron chi connectivity index (χ0n) is 18.0. The van der Waals surface area contributed by atoms with E-state index in [-0.39, 0.29) is 0 Å². The van der Waals surface area contributed by atoms with Crippen LogP contribution in [-0.2, 0) is 0 Å². The lowest BCUT2D eigenvalue weighted by Crippen LogP contribution is -2.47. The summed E-state index contributed by atoms with van der Waals surface area (Å²) in [5, 5.41) is 3.45. The predicted molar refractivity (Wildman–Crippen MR) is 119 cm³/mol. The summed E-state index contributed by atoms with van der Waals surface area (Å²) in [4.78, 5) is 16.3. The van der Waals surface area contributed by atoms with E-state index in [4.69, 9.17) is 4.98 Å². The van der Waals surface area contributed by atoms with Gasteiger partial charge < -0.3 is 20.0 Å². The molecule has 2 aromatic rings. The van der Waals surface area contributed by atoms with Crippen molar-refractivity contribution in [3.63, 3.8) is 0 Å². The number of nitrogens with one attached hydrogen (secondary N) is 1. The quantitative estimate of drug-likeness (QED) is 0.743. The number of piperazine rings is 1. The van der Waals surface area contributed by atoms with Gasteiger partial charge in [0.25, 0.3) is 0 Å². The molecule has 1 fully saturated rings. The number of aryl methyl sites for hydroxylation is 2. The highest BCUT2D eigenvalue weighted by atomic mass is 15.3. The number of anilines is 3. The van der Waals surface area contributed by atoms with E-state index in [1.807, 2.05) is 6.92 Å². The van der Waals surface area contributed by atoms with E-state index in [1.165, 1.54) is 16.8 Å². The van der Waals surface area contributed by atoms with Crippen LogP contribution in [0.15, 0.2) is 24.3 Å². The van der Waals surface area contributed by atoms with Crippen LogP contribution in [0.3, 0.4) is 0 Å². The van der Waals surface area contributed by atoms with Crippen LogP contribution in [0.25, 0.3) is 0 Å². The molecule has 6 heteroatoms. The SMILES string of the molecule is Cc1nc(NCCCN(C)C)cc(N2CCN(c3cccc(C)c3C)CC2)n1. The van der Waals surface area contributed by atoms with Gasteiger partial charge in [0.05, 0.1) is 0 Å². The summed E-state index contributed by atoms with van der Waals surface area (Å²) < 4.78 is 0. The molecule has 0 aliphatic carbocycles. The minimum Gasteiger partial charge on any atom is -0.370 e. The molecule has 1 aromatic heterocycles. The smallest absolute Gasteiger partial charge is 0.134 e. The van der Waals surface area contributed by atoms with Crippen molar-refractivity contribution >= 4 is 17.3 Å². The third-order valence-corrected chi connectivity index (χ3v) is 5.43. The van der Waals surface area contributed by atoms with Crippen LogP contribution < -0.4 is 15.1 Å². The zero-order chi connectivity index (χ0) is 20.1. The van der Waals surface area contributed by atoms with Crippen molar-refractivity contribution < 1.29 is 0 Å². The molecule has 1 N–H and O–H groups in total. The van der Waals surface area contributed by atoms with Crippen molar-refractivity contribution in [2.45, 2.75) is 27.2 Å². The van der Waals surface area contributed by atoms with E-state index in [0.29, 0.717) is 0 Å². The molecule has 0 bridgehead atoms. The number of hydrogen-bond acceptors (Lipinski definition) is 6. The van der Waals surface area contributed by atoms with Gasteiger partial charge in [-0.2, -0.15) is 0 Å². The summed E-state index contributed by atoms with van der Waals surface area (Å²) in [6, 6.07) is 8.68. The summed E-state index contributed by atoms with van der Waals surface area (Å²) in [5.74, 6) is 2.78. The van der Waals surface area contributed by atoms with Gasteiger partial charge in [0.15, 0.2) is 0 Å². The molecule has 0 amide bonds. The normalized spacial score (nSPS) is 14.6. The fourth-order valence-corrected chi connectivity index (χ4v) is 3.67. The van der Waals surface area contributed by atoms with Crippen molar-refractivity contribution in [1.29, 1.82) is 0 Å². The second-order valence-electron chi connectivity index (χ2n) is 7.94. The lowest BCUT2D eigenvalue weighted by Gasteiger charge is -2.37. The molecular formula is C22H34N6. The van der Waals surface area contributed by atoms with Crippen molar-refractivity contribution in [2.75, 3.05) is 68.5 Å². The monoisotopic (exact) mass is 382 g/mol. The maximum absolute atomic E-state index is 4.69. The molecule has 1 aliphatic heterocycles. The fourth-order valence-electron chi connectivity index (χ4n) is 3.67. The number of aromatic nitrogens is 2. The molecule has 6 nitrogen and oxygen atoms in total. The van der Waals surface area contributed by atoms with Crippen molar-refractivity contribution in [3.8, 4) is 0 Å². The minimum atomic E-state index is 0.824. The Kier molecular flexibility index (Phi) is 6.73. The van der Waals surface area contributed by atoms with Crippen LogP contribution >= 0.6 is 0 Å². The van der Waals surface area contributed by atoms with E-state index >= 15 is 0 Å². The Morgan fingerprint density at radius 1 is 1.00 bits per heavy atom. The molecule has 1 saturated heterocycles. The molecule has 1 aliphatic rings. The Morgan fingerprint density at radius 2 is 1.71 bits per heavy atom. The first-order valence-corrected chi connectivity index (χ1v) is 10.2. The molecule has 1 aromatic carbocycles. The molecule has 2 heterocycles. The van der Waals surface area contributed by atoms with Crippen LogP contribution in [0.5, 0.6) is 0 Å². The van der Waals surface area contributed by atoms with Gasteiger partial charge in [-0.3, -0.25) is 0 Å². The first-order valence-electron chi connectivity index (χ1n) is 10.2.